The molecule has 21 heavy (non-hydrogen) atoms. The number of anilines is 1. The minimum absolute atomic E-state index is 0.206. The fourth-order valence-electron chi connectivity index (χ4n) is 2.63. The van der Waals surface area contributed by atoms with Crippen LogP contribution in [0.25, 0.3) is 10.9 Å². The Balaban J connectivity index is 2.16. The summed E-state index contributed by atoms with van der Waals surface area (Å²) in [6, 6.07) is 0. The van der Waals surface area contributed by atoms with E-state index in [9.17, 15) is 13.9 Å². The van der Waals surface area contributed by atoms with Crippen LogP contribution in [0.1, 0.15) is 19.8 Å². The molecule has 5 nitrogen and oxygen atoms in total. The molecular formula is C13H13ClF2N4O. The topological polar surface area (TPSA) is 62.1 Å². The van der Waals surface area contributed by atoms with E-state index in [1.807, 2.05) is 0 Å². The summed E-state index contributed by atoms with van der Waals surface area (Å²) in [4.78, 5) is 12.7. The Hall–Kier alpha value is -1.60. The summed E-state index contributed by atoms with van der Waals surface area (Å²) < 4.78 is 27.6. The van der Waals surface area contributed by atoms with E-state index in [-0.39, 0.29) is 28.4 Å². The zero-order chi connectivity index (χ0) is 15.2. The molecule has 0 spiro atoms. The monoisotopic (exact) mass is 314 g/mol. The summed E-state index contributed by atoms with van der Waals surface area (Å²) in [7, 11) is 0. The number of hydrogen-bond donors (Lipinski definition) is 1. The number of pyridine rings is 1. The van der Waals surface area contributed by atoms with Gasteiger partial charge in [-0.1, -0.05) is 11.6 Å². The zero-order valence-electron chi connectivity index (χ0n) is 11.3. The van der Waals surface area contributed by atoms with Crippen molar-refractivity contribution in [2.75, 3.05) is 18.0 Å². The predicted molar refractivity (Wildman–Crippen MR) is 74.3 cm³/mol. The Bertz CT molecular complexity index is 710. The first-order valence-corrected chi connectivity index (χ1v) is 6.90. The molecule has 0 unspecified atom stereocenters. The van der Waals surface area contributed by atoms with Gasteiger partial charge in [0, 0.05) is 19.3 Å². The van der Waals surface area contributed by atoms with Crippen molar-refractivity contribution < 1.29 is 13.9 Å². The second-order valence-corrected chi connectivity index (χ2v) is 5.82. The number of aliphatic hydroxyl groups is 1. The Morgan fingerprint density at radius 1 is 1.38 bits per heavy atom. The van der Waals surface area contributed by atoms with Crippen LogP contribution in [0.4, 0.5) is 14.6 Å². The molecule has 0 saturated carbocycles. The molecule has 1 fully saturated rings. The molecule has 0 aliphatic carbocycles. The van der Waals surface area contributed by atoms with Gasteiger partial charge in [-0.25, -0.2) is 9.37 Å². The van der Waals surface area contributed by atoms with Gasteiger partial charge in [0.15, 0.2) is 11.0 Å². The fourth-order valence-corrected chi connectivity index (χ4v) is 2.77. The number of rotatable bonds is 1. The first-order chi connectivity index (χ1) is 9.87. The van der Waals surface area contributed by atoms with E-state index in [4.69, 9.17) is 11.6 Å². The Morgan fingerprint density at radius 3 is 2.86 bits per heavy atom. The van der Waals surface area contributed by atoms with E-state index in [0.717, 1.165) is 6.42 Å². The van der Waals surface area contributed by atoms with Gasteiger partial charge in [-0.2, -0.15) is 14.4 Å². The first kappa shape index (κ1) is 14.3. The van der Waals surface area contributed by atoms with Gasteiger partial charge >= 0.3 is 6.08 Å². The summed E-state index contributed by atoms with van der Waals surface area (Å²) in [6.07, 6.45) is 1.65. The summed E-state index contributed by atoms with van der Waals surface area (Å²) in [6.45, 7) is 2.57. The molecule has 3 heterocycles. The number of β-amino-alcohol motifs (C(OH)–C–C–N with tert-alkyl or cyclic N) is 1. The molecule has 0 amide bonds. The molecule has 0 radical (unpaired) electrons. The average Bonchev–Trinajstić information content (AvgIpc) is 2.41. The molecule has 3 rings (SSSR count). The van der Waals surface area contributed by atoms with Crippen molar-refractivity contribution in [3.63, 3.8) is 0 Å². The van der Waals surface area contributed by atoms with Crippen LogP contribution in [-0.2, 0) is 0 Å². The number of hydrogen-bond acceptors (Lipinski definition) is 5. The van der Waals surface area contributed by atoms with Crippen LogP contribution in [0.15, 0.2) is 6.20 Å². The van der Waals surface area contributed by atoms with E-state index >= 15 is 0 Å². The summed E-state index contributed by atoms with van der Waals surface area (Å²) >= 11 is 5.60. The minimum atomic E-state index is -1.04. The summed E-state index contributed by atoms with van der Waals surface area (Å²) in [5.41, 5.74) is -1.10. The highest BCUT2D eigenvalue weighted by Gasteiger charge is 2.30. The molecule has 8 heteroatoms. The quantitative estimate of drug-likeness (QED) is 0.646. The van der Waals surface area contributed by atoms with Gasteiger partial charge in [-0.3, -0.25) is 0 Å². The smallest absolute Gasteiger partial charge is 0.311 e. The molecule has 112 valence electrons. The Labute approximate surface area is 124 Å². The molecule has 1 aliphatic rings. The number of aromatic nitrogens is 3. The molecule has 0 aromatic carbocycles. The lowest BCUT2D eigenvalue weighted by atomic mass is 9.95. The van der Waals surface area contributed by atoms with Crippen molar-refractivity contribution in [2.45, 2.75) is 25.4 Å². The van der Waals surface area contributed by atoms with Crippen LogP contribution >= 0.6 is 11.6 Å². The zero-order valence-corrected chi connectivity index (χ0v) is 12.0. The van der Waals surface area contributed by atoms with Gasteiger partial charge in [-0.15, -0.1) is 0 Å². The van der Waals surface area contributed by atoms with Gasteiger partial charge in [0.2, 0.25) is 0 Å². The first-order valence-electron chi connectivity index (χ1n) is 6.52. The fraction of sp³-hybridized carbons (Fsp3) is 0.462. The molecule has 1 atom stereocenters. The van der Waals surface area contributed by atoms with Crippen molar-refractivity contribution in [1.82, 2.24) is 15.0 Å². The maximum Gasteiger partial charge on any atom is 0.311 e. The summed E-state index contributed by atoms with van der Waals surface area (Å²) in [5.74, 6) is -0.652. The van der Waals surface area contributed by atoms with Crippen molar-refractivity contribution in [1.29, 1.82) is 0 Å². The molecular weight excluding hydrogens is 302 g/mol. The van der Waals surface area contributed by atoms with Gasteiger partial charge in [-0.05, 0) is 19.8 Å². The van der Waals surface area contributed by atoms with Gasteiger partial charge in [0.05, 0.1) is 11.0 Å². The third kappa shape index (κ3) is 2.63. The third-order valence-corrected chi connectivity index (χ3v) is 3.83. The lowest BCUT2D eigenvalue weighted by Crippen LogP contribution is -2.46. The van der Waals surface area contributed by atoms with E-state index in [1.165, 1.54) is 6.20 Å². The van der Waals surface area contributed by atoms with E-state index in [1.54, 1.807) is 11.8 Å². The second kappa shape index (κ2) is 4.99. The predicted octanol–water partition coefficient (Wildman–Crippen LogP) is 2.31. The lowest BCUT2D eigenvalue weighted by molar-refractivity contribution is 0.0447. The average molecular weight is 315 g/mol. The van der Waals surface area contributed by atoms with Crippen LogP contribution in [0.5, 0.6) is 0 Å². The highest BCUT2D eigenvalue weighted by molar-refractivity contribution is 6.30. The van der Waals surface area contributed by atoms with E-state index in [2.05, 4.69) is 15.0 Å². The van der Waals surface area contributed by atoms with Crippen LogP contribution in [0.3, 0.4) is 0 Å². The molecule has 1 N–H and O–H groups in total. The molecule has 1 aliphatic heterocycles. The molecule has 0 bridgehead atoms. The molecule has 2 aromatic heterocycles. The van der Waals surface area contributed by atoms with E-state index in [0.29, 0.717) is 13.0 Å². The van der Waals surface area contributed by atoms with Crippen LogP contribution in [-0.4, -0.2) is 38.7 Å². The van der Waals surface area contributed by atoms with Crippen molar-refractivity contribution in [3.05, 3.63) is 23.2 Å². The lowest BCUT2D eigenvalue weighted by Gasteiger charge is -2.37. The highest BCUT2D eigenvalue weighted by atomic mass is 35.5. The maximum absolute atomic E-state index is 14.0. The van der Waals surface area contributed by atoms with E-state index < -0.39 is 17.5 Å². The molecule has 2 aromatic rings. The normalized spacial score (nSPS) is 22.8. The third-order valence-electron chi connectivity index (χ3n) is 3.57. The largest absolute Gasteiger partial charge is 0.388 e. The number of piperidine rings is 1. The highest BCUT2D eigenvalue weighted by Crippen LogP contribution is 2.31. The number of nitrogens with zero attached hydrogens (tertiary/aromatic N) is 4. The van der Waals surface area contributed by atoms with Gasteiger partial charge in [0.25, 0.3) is 0 Å². The SMILES string of the molecule is C[C@@]1(O)CCCN(c2nc(F)nc3c(F)c(Cl)ncc23)C1. The van der Waals surface area contributed by atoms with Gasteiger partial charge < -0.3 is 10.0 Å². The number of fused-ring (bicyclic) bond motifs is 1. The van der Waals surface area contributed by atoms with Crippen molar-refractivity contribution in [3.8, 4) is 0 Å². The number of halogens is 3. The maximum atomic E-state index is 14.0. The van der Waals surface area contributed by atoms with Crippen LogP contribution < -0.4 is 4.90 Å². The standard InChI is InChI=1S/C13H13ClF2N4O/c1-13(21)3-2-4-20(6-13)11-7-5-17-10(14)8(15)9(7)18-12(16)19-11/h5,21H,2-4,6H2,1H3/t13-/m1/s1. The Kier molecular flexibility index (Phi) is 3.41. The minimum Gasteiger partial charge on any atom is -0.388 e. The van der Waals surface area contributed by atoms with Crippen molar-refractivity contribution >= 4 is 28.3 Å². The van der Waals surface area contributed by atoms with Crippen LogP contribution in [0, 0.1) is 11.9 Å². The molecule has 1 saturated heterocycles. The van der Waals surface area contributed by atoms with Gasteiger partial charge in [0.1, 0.15) is 11.3 Å². The van der Waals surface area contributed by atoms with Crippen molar-refractivity contribution in [2.24, 2.45) is 0 Å². The second-order valence-electron chi connectivity index (χ2n) is 5.46. The Morgan fingerprint density at radius 2 is 2.14 bits per heavy atom. The van der Waals surface area contributed by atoms with Crippen LogP contribution in [0.2, 0.25) is 5.15 Å². The summed E-state index contributed by atoms with van der Waals surface area (Å²) in [5, 5.41) is 10.1.